The summed E-state index contributed by atoms with van der Waals surface area (Å²) < 4.78 is 6.94. The van der Waals surface area contributed by atoms with Crippen LogP contribution in [0.15, 0.2) is 35.9 Å². The number of rotatable bonds is 4. The third-order valence-electron chi connectivity index (χ3n) is 4.33. The molecule has 2 heterocycles. The molecule has 0 atom stereocenters. The summed E-state index contributed by atoms with van der Waals surface area (Å²) in [5, 5.41) is 4.10. The molecule has 0 spiro atoms. The predicted molar refractivity (Wildman–Crippen MR) is 101 cm³/mol. The van der Waals surface area contributed by atoms with E-state index in [1.807, 2.05) is 41.2 Å². The fourth-order valence-corrected chi connectivity index (χ4v) is 3.08. The van der Waals surface area contributed by atoms with Gasteiger partial charge in [0.2, 0.25) is 0 Å². The van der Waals surface area contributed by atoms with Crippen molar-refractivity contribution in [3.63, 3.8) is 0 Å². The van der Waals surface area contributed by atoms with Crippen molar-refractivity contribution in [1.82, 2.24) is 15.2 Å². The van der Waals surface area contributed by atoms with Gasteiger partial charge in [-0.2, -0.15) is 0 Å². The number of urea groups is 1. The number of hydrogen-bond donors (Lipinski definition) is 2. The van der Waals surface area contributed by atoms with Gasteiger partial charge in [-0.15, -0.1) is 0 Å². The highest BCUT2D eigenvalue weighted by Crippen LogP contribution is 2.24. The van der Waals surface area contributed by atoms with Gasteiger partial charge in [0, 0.05) is 17.1 Å². The molecule has 1 aromatic heterocycles. The summed E-state index contributed by atoms with van der Waals surface area (Å²) in [5.41, 5.74) is 3.28. The van der Waals surface area contributed by atoms with Gasteiger partial charge in [0.1, 0.15) is 5.57 Å². The normalized spacial score (nSPS) is 13.8. The Balaban J connectivity index is 2.02. The van der Waals surface area contributed by atoms with Crippen molar-refractivity contribution in [2.24, 2.45) is 0 Å². The number of nitrogens with one attached hydrogen (secondary N) is 2. The summed E-state index contributed by atoms with van der Waals surface area (Å²) >= 11 is 0. The zero-order valence-electron chi connectivity index (χ0n) is 15.7. The smallest absolute Gasteiger partial charge is 0.338 e. The number of aromatic nitrogens is 1. The molecule has 1 aliphatic rings. The van der Waals surface area contributed by atoms with Crippen molar-refractivity contribution in [2.75, 3.05) is 6.61 Å². The van der Waals surface area contributed by atoms with E-state index in [0.717, 1.165) is 17.1 Å². The van der Waals surface area contributed by atoms with Gasteiger partial charge in [-0.3, -0.25) is 20.2 Å². The van der Waals surface area contributed by atoms with Crippen LogP contribution in [0.1, 0.15) is 34.2 Å². The summed E-state index contributed by atoms with van der Waals surface area (Å²) in [6.45, 7) is 5.73. The van der Waals surface area contributed by atoms with Crippen LogP contribution < -0.4 is 10.6 Å². The Morgan fingerprint density at radius 1 is 1.11 bits per heavy atom. The van der Waals surface area contributed by atoms with E-state index < -0.39 is 23.8 Å². The summed E-state index contributed by atoms with van der Waals surface area (Å²) in [5.74, 6) is -1.90. The second-order valence-electron chi connectivity index (χ2n) is 6.23. The number of esters is 1. The number of imide groups is 2. The zero-order chi connectivity index (χ0) is 20.4. The van der Waals surface area contributed by atoms with Crippen molar-refractivity contribution in [2.45, 2.75) is 20.8 Å². The third kappa shape index (κ3) is 3.57. The van der Waals surface area contributed by atoms with E-state index in [1.165, 1.54) is 6.08 Å². The molecule has 0 saturated carbocycles. The number of carbonyl (C=O) groups is 4. The molecule has 0 bridgehead atoms. The van der Waals surface area contributed by atoms with E-state index >= 15 is 0 Å². The number of carbonyl (C=O) groups excluding carboxylic acids is 4. The lowest BCUT2D eigenvalue weighted by atomic mass is 10.1. The van der Waals surface area contributed by atoms with Gasteiger partial charge >= 0.3 is 12.0 Å². The minimum atomic E-state index is -0.839. The molecular formula is C20H19N3O5. The van der Waals surface area contributed by atoms with Crippen LogP contribution in [-0.2, 0) is 14.3 Å². The highest BCUT2D eigenvalue weighted by molar-refractivity contribution is 6.31. The molecule has 1 aliphatic heterocycles. The molecule has 1 saturated heterocycles. The summed E-state index contributed by atoms with van der Waals surface area (Å²) in [6.07, 6.45) is 1.44. The Morgan fingerprint density at radius 2 is 1.79 bits per heavy atom. The Kier molecular flexibility index (Phi) is 5.12. The quantitative estimate of drug-likeness (QED) is 0.479. The molecular weight excluding hydrogens is 362 g/mol. The topological polar surface area (TPSA) is 106 Å². The number of amides is 4. The van der Waals surface area contributed by atoms with Gasteiger partial charge in [0.05, 0.1) is 12.2 Å². The maximum absolute atomic E-state index is 12.0. The average molecular weight is 381 g/mol. The van der Waals surface area contributed by atoms with Crippen molar-refractivity contribution < 1.29 is 23.9 Å². The first-order valence-electron chi connectivity index (χ1n) is 8.66. The number of aryl methyl sites for hydroxylation is 1. The van der Waals surface area contributed by atoms with E-state index in [0.29, 0.717) is 11.1 Å². The molecule has 0 aliphatic carbocycles. The minimum Gasteiger partial charge on any atom is -0.462 e. The molecule has 2 N–H and O–H groups in total. The Morgan fingerprint density at radius 3 is 2.43 bits per heavy atom. The number of benzene rings is 1. The molecule has 28 heavy (non-hydrogen) atoms. The average Bonchev–Trinajstić information content (AvgIpc) is 2.92. The van der Waals surface area contributed by atoms with Crippen LogP contribution in [0.4, 0.5) is 4.79 Å². The summed E-state index contributed by atoms with van der Waals surface area (Å²) in [7, 11) is 0. The van der Waals surface area contributed by atoms with E-state index in [1.54, 1.807) is 25.1 Å². The van der Waals surface area contributed by atoms with Crippen LogP contribution in [0.25, 0.3) is 11.8 Å². The van der Waals surface area contributed by atoms with Crippen LogP contribution >= 0.6 is 0 Å². The Bertz CT molecular complexity index is 1010. The fourth-order valence-electron chi connectivity index (χ4n) is 3.08. The molecule has 8 nitrogen and oxygen atoms in total. The monoisotopic (exact) mass is 381 g/mol. The highest BCUT2D eigenvalue weighted by atomic mass is 16.5. The summed E-state index contributed by atoms with van der Waals surface area (Å²) in [4.78, 5) is 47.1. The van der Waals surface area contributed by atoms with Gasteiger partial charge in [-0.05, 0) is 56.7 Å². The van der Waals surface area contributed by atoms with Crippen LogP contribution in [0.2, 0.25) is 0 Å². The molecule has 2 aromatic rings. The number of barbiturate groups is 1. The molecule has 3 rings (SSSR count). The number of ether oxygens (including phenoxy) is 1. The highest BCUT2D eigenvalue weighted by Gasteiger charge is 2.28. The van der Waals surface area contributed by atoms with Crippen molar-refractivity contribution in [1.29, 1.82) is 0 Å². The lowest BCUT2D eigenvalue weighted by molar-refractivity contribution is -0.123. The van der Waals surface area contributed by atoms with Gasteiger partial charge in [0.15, 0.2) is 0 Å². The largest absolute Gasteiger partial charge is 0.462 e. The second-order valence-corrected chi connectivity index (χ2v) is 6.23. The van der Waals surface area contributed by atoms with Crippen molar-refractivity contribution >= 4 is 29.9 Å². The summed E-state index contributed by atoms with van der Waals surface area (Å²) in [6, 6.07) is 7.97. The fraction of sp³-hybridized carbons (Fsp3) is 0.200. The molecule has 8 heteroatoms. The van der Waals surface area contributed by atoms with Gasteiger partial charge in [-0.1, -0.05) is 6.07 Å². The maximum Gasteiger partial charge on any atom is 0.338 e. The molecule has 0 radical (unpaired) electrons. The molecule has 4 amide bonds. The van der Waals surface area contributed by atoms with Crippen LogP contribution in [-0.4, -0.2) is 35.0 Å². The van der Waals surface area contributed by atoms with Crippen LogP contribution in [0.5, 0.6) is 0 Å². The van der Waals surface area contributed by atoms with Gasteiger partial charge in [-0.25, -0.2) is 9.59 Å². The first-order chi connectivity index (χ1) is 13.3. The third-order valence-corrected chi connectivity index (χ3v) is 4.33. The lowest BCUT2D eigenvalue weighted by Crippen LogP contribution is -2.51. The Labute approximate surface area is 161 Å². The maximum atomic E-state index is 12.0. The second kappa shape index (κ2) is 7.51. The minimum absolute atomic E-state index is 0.153. The molecule has 1 aromatic carbocycles. The molecule has 1 fully saturated rings. The van der Waals surface area contributed by atoms with Crippen molar-refractivity contribution in [3.8, 4) is 5.69 Å². The first-order valence-corrected chi connectivity index (χ1v) is 8.66. The van der Waals surface area contributed by atoms with Crippen molar-refractivity contribution in [3.05, 3.63) is 58.4 Å². The molecule has 0 unspecified atom stereocenters. The van der Waals surface area contributed by atoms with E-state index in [9.17, 15) is 19.2 Å². The predicted octanol–water partition coefficient (Wildman–Crippen LogP) is 2.02. The number of nitrogens with zero attached hydrogens (tertiary/aromatic N) is 1. The standard InChI is InChI=1S/C20H19N3O5/c1-4-28-19(26)13-6-5-7-15(9-13)23-11(2)8-14(12(23)3)10-16-17(24)21-20(27)22-18(16)25/h5-10H,4H2,1-3H3,(H2,21,22,24,25,27). The van der Waals surface area contributed by atoms with Gasteiger partial charge < -0.3 is 9.30 Å². The van der Waals surface area contributed by atoms with Crippen LogP contribution in [0.3, 0.4) is 0 Å². The van der Waals surface area contributed by atoms with E-state index in [2.05, 4.69) is 0 Å². The Hall–Kier alpha value is -3.68. The van der Waals surface area contributed by atoms with Gasteiger partial charge in [0.25, 0.3) is 11.8 Å². The van der Waals surface area contributed by atoms with Crippen LogP contribution in [0, 0.1) is 13.8 Å². The first kappa shape index (κ1) is 19.1. The zero-order valence-corrected chi connectivity index (χ0v) is 15.7. The number of hydrogen-bond acceptors (Lipinski definition) is 5. The lowest BCUT2D eigenvalue weighted by Gasteiger charge is -2.14. The molecule has 144 valence electrons. The SMILES string of the molecule is CCOC(=O)c1cccc(-n2c(C)cc(C=C3C(=O)NC(=O)NC3=O)c2C)c1. The van der Waals surface area contributed by atoms with E-state index in [4.69, 9.17) is 4.74 Å². The van der Waals surface area contributed by atoms with E-state index in [-0.39, 0.29) is 12.2 Å².